The second-order valence-corrected chi connectivity index (χ2v) is 6.96. The summed E-state index contributed by atoms with van der Waals surface area (Å²) >= 11 is 1.88. The van der Waals surface area contributed by atoms with Crippen molar-refractivity contribution in [1.29, 1.82) is 0 Å². The van der Waals surface area contributed by atoms with Crippen molar-refractivity contribution in [2.24, 2.45) is 5.73 Å². The molecular weight excluding hydrogens is 287 g/mol. The Morgan fingerprint density at radius 2 is 2.38 bits per heavy atom. The molecule has 1 aromatic rings. The Labute approximate surface area is 128 Å². The molecule has 1 atom stereocenters. The predicted molar refractivity (Wildman–Crippen MR) is 84.8 cm³/mol. The summed E-state index contributed by atoms with van der Waals surface area (Å²) in [4.78, 5) is 12.3. The highest BCUT2D eigenvalue weighted by molar-refractivity contribution is 8.00. The van der Waals surface area contributed by atoms with Crippen LogP contribution < -0.4 is 11.1 Å². The van der Waals surface area contributed by atoms with Crippen LogP contribution in [0.2, 0.25) is 0 Å². The number of carbonyl (C=O) groups is 1. The summed E-state index contributed by atoms with van der Waals surface area (Å²) in [6.45, 7) is 2.94. The first-order chi connectivity index (χ1) is 10.0. The van der Waals surface area contributed by atoms with E-state index >= 15 is 0 Å². The van der Waals surface area contributed by atoms with Gasteiger partial charge in [0, 0.05) is 16.9 Å². The van der Waals surface area contributed by atoms with Crippen molar-refractivity contribution in [1.82, 2.24) is 5.32 Å². The van der Waals surface area contributed by atoms with E-state index in [2.05, 4.69) is 24.1 Å². The van der Waals surface area contributed by atoms with E-state index in [-0.39, 0.29) is 17.2 Å². The maximum Gasteiger partial charge on any atom is 0.252 e. The lowest BCUT2D eigenvalue weighted by molar-refractivity contribution is 0.0949. The summed E-state index contributed by atoms with van der Waals surface area (Å²) in [5.74, 6) is 5.92. The molecule has 1 amide bonds. The van der Waals surface area contributed by atoms with Gasteiger partial charge in [-0.15, -0.1) is 0 Å². The quantitative estimate of drug-likeness (QED) is 0.841. The van der Waals surface area contributed by atoms with Gasteiger partial charge in [0.2, 0.25) is 0 Å². The molecule has 1 saturated heterocycles. The number of rotatable bonds is 3. The zero-order chi connectivity index (χ0) is 15.3. The van der Waals surface area contributed by atoms with Crippen LogP contribution in [0.25, 0.3) is 0 Å². The second-order valence-electron chi connectivity index (χ2n) is 5.28. The van der Waals surface area contributed by atoms with Gasteiger partial charge in [-0.25, -0.2) is 4.39 Å². The number of halogens is 1. The lowest BCUT2D eigenvalue weighted by Crippen LogP contribution is -2.37. The first-order valence-corrected chi connectivity index (χ1v) is 7.93. The lowest BCUT2D eigenvalue weighted by Gasteiger charge is -2.23. The summed E-state index contributed by atoms with van der Waals surface area (Å²) in [7, 11) is 0. The lowest BCUT2D eigenvalue weighted by atomic mass is 10.0. The van der Waals surface area contributed by atoms with E-state index < -0.39 is 5.82 Å². The van der Waals surface area contributed by atoms with Crippen LogP contribution in [-0.4, -0.2) is 29.5 Å². The highest BCUT2D eigenvalue weighted by atomic mass is 32.2. The van der Waals surface area contributed by atoms with Gasteiger partial charge in [-0.05, 0) is 43.7 Å². The first kappa shape index (κ1) is 15.9. The number of benzene rings is 1. The minimum Gasteiger partial charge on any atom is -0.351 e. The number of nitrogens with one attached hydrogen (secondary N) is 1. The number of hydrogen-bond acceptors (Lipinski definition) is 3. The Kier molecular flexibility index (Phi) is 5.27. The number of hydrogen-bond donors (Lipinski definition) is 2. The second kappa shape index (κ2) is 6.97. The maximum atomic E-state index is 13.3. The van der Waals surface area contributed by atoms with E-state index in [1.807, 2.05) is 11.8 Å². The van der Waals surface area contributed by atoms with Crippen LogP contribution in [0.4, 0.5) is 4.39 Å². The van der Waals surface area contributed by atoms with Gasteiger partial charge in [0.25, 0.3) is 5.91 Å². The average molecular weight is 306 g/mol. The van der Waals surface area contributed by atoms with E-state index in [0.29, 0.717) is 17.7 Å². The number of carbonyl (C=O) groups excluding carboxylic acids is 1. The zero-order valence-electron chi connectivity index (χ0n) is 12.0. The van der Waals surface area contributed by atoms with Gasteiger partial charge in [0.15, 0.2) is 0 Å². The minimum absolute atomic E-state index is 0.0960. The number of nitrogens with two attached hydrogens (primary N) is 1. The predicted octanol–water partition coefficient (Wildman–Crippen LogP) is 2.15. The van der Waals surface area contributed by atoms with Crippen molar-refractivity contribution >= 4 is 17.7 Å². The Bertz CT molecular complexity index is 586. The van der Waals surface area contributed by atoms with Crippen LogP contribution in [0, 0.1) is 17.7 Å². The molecule has 0 aromatic heterocycles. The van der Waals surface area contributed by atoms with Crippen LogP contribution >= 0.6 is 11.8 Å². The topological polar surface area (TPSA) is 55.1 Å². The van der Waals surface area contributed by atoms with Crippen LogP contribution in [0.1, 0.15) is 35.7 Å². The monoisotopic (exact) mass is 306 g/mol. The SMILES string of the molecule is CC1(CNC(=O)c2ccc(F)cc2C#CCN)CCCS1. The Morgan fingerprint density at radius 1 is 1.57 bits per heavy atom. The maximum absolute atomic E-state index is 13.3. The molecule has 0 aliphatic carbocycles. The minimum atomic E-state index is -0.411. The highest BCUT2D eigenvalue weighted by Gasteiger charge is 2.30. The third-order valence-corrected chi connectivity index (χ3v) is 5.01. The fourth-order valence-corrected chi connectivity index (χ4v) is 3.55. The Morgan fingerprint density at radius 3 is 3.05 bits per heavy atom. The summed E-state index contributed by atoms with van der Waals surface area (Å²) in [5.41, 5.74) is 6.10. The molecule has 3 nitrogen and oxygen atoms in total. The molecule has 0 bridgehead atoms. The third-order valence-electron chi connectivity index (χ3n) is 3.47. The molecule has 0 spiro atoms. The van der Waals surface area contributed by atoms with E-state index in [4.69, 9.17) is 5.73 Å². The molecule has 1 aliphatic heterocycles. The molecule has 21 heavy (non-hydrogen) atoms. The fourth-order valence-electron chi connectivity index (χ4n) is 2.30. The van der Waals surface area contributed by atoms with Gasteiger partial charge < -0.3 is 11.1 Å². The summed E-state index contributed by atoms with van der Waals surface area (Å²) in [5, 5.41) is 2.94. The molecule has 3 N–H and O–H groups in total. The molecule has 1 aromatic carbocycles. The van der Waals surface area contributed by atoms with Crippen molar-refractivity contribution < 1.29 is 9.18 Å². The van der Waals surface area contributed by atoms with Crippen molar-refractivity contribution in [3.63, 3.8) is 0 Å². The molecule has 1 unspecified atom stereocenters. The number of thioether (sulfide) groups is 1. The van der Waals surface area contributed by atoms with E-state index in [9.17, 15) is 9.18 Å². The van der Waals surface area contributed by atoms with Crippen molar-refractivity contribution in [2.45, 2.75) is 24.5 Å². The van der Waals surface area contributed by atoms with E-state index in [1.54, 1.807) is 0 Å². The van der Waals surface area contributed by atoms with Crippen molar-refractivity contribution in [3.05, 3.63) is 35.1 Å². The van der Waals surface area contributed by atoms with E-state index in [0.717, 1.165) is 12.2 Å². The van der Waals surface area contributed by atoms with Gasteiger partial charge in [0.05, 0.1) is 12.1 Å². The zero-order valence-corrected chi connectivity index (χ0v) is 12.9. The van der Waals surface area contributed by atoms with Gasteiger partial charge in [-0.3, -0.25) is 4.79 Å². The van der Waals surface area contributed by atoms with Crippen LogP contribution in [-0.2, 0) is 0 Å². The largest absolute Gasteiger partial charge is 0.351 e. The molecule has 1 aliphatic rings. The van der Waals surface area contributed by atoms with Gasteiger partial charge >= 0.3 is 0 Å². The Balaban J connectivity index is 2.11. The smallest absolute Gasteiger partial charge is 0.252 e. The summed E-state index contributed by atoms with van der Waals surface area (Å²) < 4.78 is 13.4. The molecular formula is C16H19FN2OS. The van der Waals surface area contributed by atoms with Crippen LogP contribution in [0.5, 0.6) is 0 Å². The molecule has 112 valence electrons. The standard InChI is InChI=1S/C16H19FN2OS/c1-16(7-3-9-21-16)11-19-15(20)14-6-5-13(17)10-12(14)4-2-8-18/h5-6,10H,3,7-9,11,18H2,1H3,(H,19,20). The average Bonchev–Trinajstić information content (AvgIpc) is 2.90. The molecule has 1 heterocycles. The van der Waals surface area contributed by atoms with E-state index in [1.165, 1.54) is 24.6 Å². The fraction of sp³-hybridized carbons (Fsp3) is 0.438. The van der Waals surface area contributed by atoms with Crippen molar-refractivity contribution in [2.75, 3.05) is 18.8 Å². The number of amides is 1. The first-order valence-electron chi connectivity index (χ1n) is 6.95. The van der Waals surface area contributed by atoms with Crippen molar-refractivity contribution in [3.8, 4) is 11.8 Å². The molecule has 5 heteroatoms. The third kappa shape index (κ3) is 4.23. The molecule has 1 fully saturated rings. The van der Waals surface area contributed by atoms with Crippen LogP contribution in [0.3, 0.4) is 0 Å². The molecule has 0 radical (unpaired) electrons. The van der Waals surface area contributed by atoms with Crippen LogP contribution in [0.15, 0.2) is 18.2 Å². The van der Waals surface area contributed by atoms with Gasteiger partial charge in [0.1, 0.15) is 5.82 Å². The Hall–Kier alpha value is -1.51. The normalized spacial score (nSPS) is 20.7. The van der Waals surface area contributed by atoms with Gasteiger partial charge in [-0.1, -0.05) is 11.8 Å². The highest BCUT2D eigenvalue weighted by Crippen LogP contribution is 2.37. The molecule has 2 rings (SSSR count). The molecule has 0 saturated carbocycles. The summed E-state index contributed by atoms with van der Waals surface area (Å²) in [6.07, 6.45) is 2.28. The summed E-state index contributed by atoms with van der Waals surface area (Å²) in [6, 6.07) is 4.01. The van der Waals surface area contributed by atoms with Gasteiger partial charge in [-0.2, -0.15) is 11.8 Å².